The Morgan fingerprint density at radius 2 is 1.65 bits per heavy atom. The van der Waals surface area contributed by atoms with Crippen LogP contribution in [0.5, 0.6) is 5.75 Å². The Bertz CT molecular complexity index is 1510. The minimum atomic E-state index is -0.994. The third kappa shape index (κ3) is 8.34. The minimum absolute atomic E-state index is 0. The molecule has 1 fully saturated rings. The second kappa shape index (κ2) is 15.0. The van der Waals surface area contributed by atoms with Crippen LogP contribution in [-0.4, -0.2) is 72.6 Å². The van der Waals surface area contributed by atoms with Gasteiger partial charge in [-0.1, -0.05) is 54.6 Å². The van der Waals surface area contributed by atoms with Crippen LogP contribution in [0.2, 0.25) is 0 Å². The Balaban J connectivity index is 0.00000423. The highest BCUT2D eigenvalue weighted by atomic mass is 35.5. The zero-order valence-electron chi connectivity index (χ0n) is 24.4. The number of likely N-dealkylation sites (N-methyl/N-ethyl adjacent to an activating group) is 1. The van der Waals surface area contributed by atoms with Gasteiger partial charge in [-0.05, 0) is 43.8 Å². The number of halogens is 1. The van der Waals surface area contributed by atoms with Crippen LogP contribution < -0.4 is 15.0 Å². The molecule has 0 amide bonds. The SMILES string of the molecule is Cc1sc(N2CCN(C)CC2)nc1CCOc1ccc(CC(Nc2ccccc2C(=O)c2ccccc2)C(=O)O)cc1.Cl. The first-order valence-electron chi connectivity index (χ1n) is 14.2. The number of ether oxygens (including phenoxy) is 1. The molecule has 10 heteroatoms. The molecule has 2 heterocycles. The number of nitrogens with zero attached hydrogens (tertiary/aromatic N) is 3. The zero-order chi connectivity index (χ0) is 29.5. The van der Waals surface area contributed by atoms with Gasteiger partial charge in [-0.3, -0.25) is 4.79 Å². The van der Waals surface area contributed by atoms with Gasteiger partial charge in [-0.15, -0.1) is 23.7 Å². The van der Waals surface area contributed by atoms with Gasteiger partial charge in [0.25, 0.3) is 0 Å². The number of ketones is 1. The number of piperazine rings is 1. The summed E-state index contributed by atoms with van der Waals surface area (Å²) >= 11 is 1.75. The summed E-state index contributed by atoms with van der Waals surface area (Å²) in [5.74, 6) is -0.427. The fourth-order valence-corrected chi connectivity index (χ4v) is 5.95. The lowest BCUT2D eigenvalue weighted by Gasteiger charge is -2.32. The summed E-state index contributed by atoms with van der Waals surface area (Å²) in [6.45, 7) is 6.74. The molecule has 1 aromatic heterocycles. The van der Waals surface area contributed by atoms with Crippen LogP contribution in [0.1, 0.15) is 32.1 Å². The van der Waals surface area contributed by atoms with E-state index in [1.54, 1.807) is 47.7 Å². The molecule has 1 aliphatic rings. The molecule has 0 saturated carbocycles. The quantitative estimate of drug-likeness (QED) is 0.198. The van der Waals surface area contributed by atoms with Crippen molar-refractivity contribution < 1.29 is 19.4 Å². The molecule has 43 heavy (non-hydrogen) atoms. The smallest absolute Gasteiger partial charge is 0.326 e. The van der Waals surface area contributed by atoms with E-state index in [2.05, 4.69) is 29.1 Å². The van der Waals surface area contributed by atoms with Gasteiger partial charge < -0.3 is 25.0 Å². The number of aromatic nitrogens is 1. The van der Waals surface area contributed by atoms with Crippen molar-refractivity contribution in [2.75, 3.05) is 50.1 Å². The second-order valence-corrected chi connectivity index (χ2v) is 11.7. The van der Waals surface area contributed by atoms with Crippen LogP contribution in [0.3, 0.4) is 0 Å². The topological polar surface area (TPSA) is 95.0 Å². The number of rotatable bonds is 12. The molecule has 1 unspecified atom stereocenters. The normalized spacial score (nSPS) is 14.0. The van der Waals surface area contributed by atoms with E-state index in [4.69, 9.17) is 9.72 Å². The molecular formula is C33H37ClN4O4S. The first-order valence-corrected chi connectivity index (χ1v) is 15.0. The summed E-state index contributed by atoms with van der Waals surface area (Å²) in [7, 11) is 2.15. The average Bonchev–Trinajstić information content (AvgIpc) is 3.38. The number of nitrogens with one attached hydrogen (secondary N) is 1. The van der Waals surface area contributed by atoms with Gasteiger partial charge in [-0.25, -0.2) is 9.78 Å². The number of benzene rings is 3. The zero-order valence-corrected chi connectivity index (χ0v) is 26.0. The Kier molecular flexibility index (Phi) is 11.2. The molecule has 5 rings (SSSR count). The van der Waals surface area contributed by atoms with Crippen LogP contribution >= 0.6 is 23.7 Å². The number of para-hydroxylation sites is 1. The second-order valence-electron chi connectivity index (χ2n) is 10.5. The molecule has 0 bridgehead atoms. The van der Waals surface area contributed by atoms with E-state index >= 15 is 0 Å². The van der Waals surface area contributed by atoms with Crippen molar-refractivity contribution in [3.8, 4) is 5.75 Å². The van der Waals surface area contributed by atoms with Crippen molar-refractivity contribution in [1.29, 1.82) is 0 Å². The molecule has 3 aromatic carbocycles. The molecule has 226 valence electrons. The fraction of sp³-hybridized carbons (Fsp3) is 0.303. The lowest BCUT2D eigenvalue weighted by Crippen LogP contribution is -2.44. The summed E-state index contributed by atoms with van der Waals surface area (Å²) < 4.78 is 6.00. The van der Waals surface area contributed by atoms with Crippen molar-refractivity contribution in [2.24, 2.45) is 0 Å². The number of aryl methyl sites for hydroxylation is 1. The lowest BCUT2D eigenvalue weighted by atomic mass is 10.00. The standard InChI is InChI=1S/C33H36N4O4S.ClH/c1-23-28(35-33(42-23)37-19-17-36(2)18-20-37)16-21-41-26-14-12-24(13-15-26)22-30(32(39)40)34-29-11-7-6-10-27(29)31(38)25-8-4-3-5-9-25;/h3-15,30,34H,16-22H2,1-2H3,(H,39,40);1H. The Labute approximate surface area is 262 Å². The summed E-state index contributed by atoms with van der Waals surface area (Å²) in [5.41, 5.74) is 3.40. The molecule has 1 atom stereocenters. The highest BCUT2D eigenvalue weighted by Gasteiger charge is 2.22. The summed E-state index contributed by atoms with van der Waals surface area (Å²) in [6, 6.07) is 22.6. The fourth-order valence-electron chi connectivity index (χ4n) is 4.94. The van der Waals surface area contributed by atoms with Gasteiger partial charge in [0.2, 0.25) is 0 Å². The van der Waals surface area contributed by atoms with Crippen molar-refractivity contribution in [1.82, 2.24) is 9.88 Å². The molecule has 1 aliphatic heterocycles. The Morgan fingerprint density at radius 1 is 0.977 bits per heavy atom. The van der Waals surface area contributed by atoms with E-state index in [0.717, 1.165) is 54.7 Å². The van der Waals surface area contributed by atoms with Crippen LogP contribution in [0.15, 0.2) is 78.9 Å². The number of carboxylic acid groups (broad SMARTS) is 1. The number of aliphatic carboxylic acids is 1. The number of carboxylic acids is 1. The van der Waals surface area contributed by atoms with E-state index in [1.807, 2.05) is 42.5 Å². The molecule has 4 aromatic rings. The third-order valence-corrected chi connectivity index (χ3v) is 8.54. The third-order valence-electron chi connectivity index (χ3n) is 7.46. The first kappa shape index (κ1) is 32.0. The van der Waals surface area contributed by atoms with Crippen LogP contribution in [0, 0.1) is 6.92 Å². The predicted octanol–water partition coefficient (Wildman–Crippen LogP) is 5.59. The lowest BCUT2D eigenvalue weighted by molar-refractivity contribution is -0.137. The Morgan fingerprint density at radius 3 is 2.35 bits per heavy atom. The van der Waals surface area contributed by atoms with Crippen molar-refractivity contribution in [3.05, 3.63) is 106 Å². The molecule has 0 aliphatic carbocycles. The van der Waals surface area contributed by atoms with Crippen molar-refractivity contribution in [2.45, 2.75) is 25.8 Å². The van der Waals surface area contributed by atoms with Crippen LogP contribution in [0.25, 0.3) is 0 Å². The number of thiazole rings is 1. The molecule has 0 spiro atoms. The van der Waals surface area contributed by atoms with Crippen molar-refractivity contribution >= 4 is 46.3 Å². The summed E-state index contributed by atoms with van der Waals surface area (Å²) in [6.07, 6.45) is 0.973. The number of carbonyl (C=O) groups is 2. The Hall–Kier alpha value is -3.92. The predicted molar refractivity (Wildman–Crippen MR) is 175 cm³/mol. The minimum Gasteiger partial charge on any atom is -0.493 e. The van der Waals surface area contributed by atoms with Gasteiger partial charge in [0.15, 0.2) is 10.9 Å². The van der Waals surface area contributed by atoms with Crippen LogP contribution in [0.4, 0.5) is 10.8 Å². The van der Waals surface area contributed by atoms with E-state index in [9.17, 15) is 14.7 Å². The molecule has 0 radical (unpaired) electrons. The molecule has 1 saturated heterocycles. The monoisotopic (exact) mass is 620 g/mol. The summed E-state index contributed by atoms with van der Waals surface area (Å²) in [4.78, 5) is 36.1. The maximum absolute atomic E-state index is 13.1. The van der Waals surface area contributed by atoms with E-state index in [-0.39, 0.29) is 24.6 Å². The molecule has 2 N–H and O–H groups in total. The van der Waals surface area contributed by atoms with Gasteiger partial charge in [0.05, 0.1) is 12.3 Å². The number of carbonyl (C=O) groups excluding carboxylic acids is 1. The molecule has 8 nitrogen and oxygen atoms in total. The van der Waals surface area contributed by atoms with Crippen molar-refractivity contribution in [3.63, 3.8) is 0 Å². The summed E-state index contributed by atoms with van der Waals surface area (Å²) in [5, 5.41) is 14.1. The number of hydrogen-bond acceptors (Lipinski definition) is 8. The highest BCUT2D eigenvalue weighted by Crippen LogP contribution is 2.27. The van der Waals surface area contributed by atoms with Gasteiger partial charge in [-0.2, -0.15) is 0 Å². The van der Waals surface area contributed by atoms with Gasteiger partial charge >= 0.3 is 5.97 Å². The van der Waals surface area contributed by atoms with E-state index < -0.39 is 12.0 Å². The first-order chi connectivity index (χ1) is 20.4. The number of hydrogen-bond donors (Lipinski definition) is 2. The number of anilines is 2. The average molecular weight is 621 g/mol. The van der Waals surface area contributed by atoms with Gasteiger partial charge in [0.1, 0.15) is 11.8 Å². The maximum Gasteiger partial charge on any atom is 0.326 e. The van der Waals surface area contributed by atoms with Crippen LogP contribution in [-0.2, 0) is 17.6 Å². The van der Waals surface area contributed by atoms with E-state index in [1.165, 1.54) is 4.88 Å². The molecular weight excluding hydrogens is 584 g/mol. The van der Waals surface area contributed by atoms with E-state index in [0.29, 0.717) is 23.4 Å². The van der Waals surface area contributed by atoms with Gasteiger partial charge in [0, 0.05) is 60.7 Å². The maximum atomic E-state index is 13.1. The largest absolute Gasteiger partial charge is 0.493 e. The highest BCUT2D eigenvalue weighted by molar-refractivity contribution is 7.15.